The predicted octanol–water partition coefficient (Wildman–Crippen LogP) is 3.64. The first-order valence-electron chi connectivity index (χ1n) is 15.1. The van der Waals surface area contributed by atoms with E-state index in [-0.39, 0.29) is 38.4 Å². The van der Waals surface area contributed by atoms with Gasteiger partial charge in [0, 0.05) is 25.1 Å². The molecule has 2 heterocycles. The largest absolute Gasteiger partial charge is 0.445 e. The van der Waals surface area contributed by atoms with E-state index in [4.69, 9.17) is 14.2 Å². The van der Waals surface area contributed by atoms with Crippen LogP contribution in [0.3, 0.4) is 0 Å². The fourth-order valence-corrected chi connectivity index (χ4v) is 5.17. The summed E-state index contributed by atoms with van der Waals surface area (Å²) in [5.74, 6) is -2.83. The van der Waals surface area contributed by atoms with Crippen molar-refractivity contribution in [1.82, 2.24) is 20.4 Å². The molecule has 2 N–H and O–H groups in total. The van der Waals surface area contributed by atoms with Crippen molar-refractivity contribution < 1.29 is 43.0 Å². The minimum absolute atomic E-state index is 0.00550. The average molecular weight is 637 g/mol. The van der Waals surface area contributed by atoms with E-state index in [2.05, 4.69) is 10.6 Å². The van der Waals surface area contributed by atoms with E-state index in [1.807, 2.05) is 6.07 Å². The molecule has 246 valence electrons. The van der Waals surface area contributed by atoms with Crippen LogP contribution in [-0.2, 0) is 48.3 Å². The van der Waals surface area contributed by atoms with Crippen molar-refractivity contribution in [3.05, 3.63) is 70.8 Å². The molecule has 0 aromatic heterocycles. The Balaban J connectivity index is 1.36. The maximum atomic E-state index is 13.5. The molecule has 0 unspecified atom stereocenters. The third-order valence-electron chi connectivity index (χ3n) is 7.52. The van der Waals surface area contributed by atoms with Crippen LogP contribution in [0.2, 0.25) is 0 Å². The maximum absolute atomic E-state index is 13.5. The summed E-state index contributed by atoms with van der Waals surface area (Å²) in [5.41, 5.74) is 1.85. The summed E-state index contributed by atoms with van der Waals surface area (Å²) in [5, 5.41) is 5.18. The molecule has 1 fully saturated rings. The minimum Gasteiger partial charge on any atom is -0.445 e. The second-order valence-corrected chi connectivity index (χ2v) is 12.5. The Kier molecular flexibility index (Phi) is 10.7. The van der Waals surface area contributed by atoms with Gasteiger partial charge in [0.15, 0.2) is 6.73 Å². The normalized spacial score (nSPS) is 17.0. The predicted molar refractivity (Wildman–Crippen MR) is 164 cm³/mol. The van der Waals surface area contributed by atoms with Crippen molar-refractivity contribution in [2.24, 2.45) is 5.92 Å². The fourth-order valence-electron chi connectivity index (χ4n) is 5.17. The molecular weight excluding hydrogens is 596 g/mol. The van der Waals surface area contributed by atoms with Crippen LogP contribution in [-0.4, -0.2) is 70.1 Å². The molecule has 2 aromatic carbocycles. The molecule has 2 atom stereocenters. The first-order chi connectivity index (χ1) is 21.7. The molecule has 2 aliphatic heterocycles. The molecule has 0 aliphatic carbocycles. The standard InChI is InChI=1S/C33H40N4O9/c1-20(2)27(35-32(43)44-18-21-10-7-6-8-11-21)30(41)45-19-37-26(38)15-14-25(29(37)40)36-17-24-22(12-9-13-23(24)28(36)39)16-34-31(42)46-33(3,4)5/h6-13,20,25,27H,14-19H2,1-5H3,(H,34,42)(H,35,43)/t25-,27-/m1/s1. The van der Waals surface area contributed by atoms with Crippen molar-refractivity contribution in [3.8, 4) is 0 Å². The molecule has 46 heavy (non-hydrogen) atoms. The van der Waals surface area contributed by atoms with Gasteiger partial charge in [0.2, 0.25) is 5.91 Å². The first-order valence-corrected chi connectivity index (χ1v) is 15.1. The van der Waals surface area contributed by atoms with Gasteiger partial charge in [-0.15, -0.1) is 0 Å². The second kappa shape index (κ2) is 14.4. The number of fused-ring (bicyclic) bond motifs is 1. The number of ether oxygens (including phenoxy) is 3. The summed E-state index contributed by atoms with van der Waals surface area (Å²) in [6.45, 7) is 8.21. The lowest BCUT2D eigenvalue weighted by Crippen LogP contribution is -2.55. The Morgan fingerprint density at radius 1 is 0.957 bits per heavy atom. The van der Waals surface area contributed by atoms with Crippen LogP contribution in [0.1, 0.15) is 74.5 Å². The zero-order valence-electron chi connectivity index (χ0n) is 26.7. The average Bonchev–Trinajstić information content (AvgIpc) is 3.33. The van der Waals surface area contributed by atoms with Gasteiger partial charge in [-0.2, -0.15) is 0 Å². The summed E-state index contributed by atoms with van der Waals surface area (Å²) < 4.78 is 15.8. The molecular formula is C33H40N4O9. The van der Waals surface area contributed by atoms with Crippen molar-refractivity contribution in [2.45, 2.75) is 84.8 Å². The third kappa shape index (κ3) is 8.40. The van der Waals surface area contributed by atoms with E-state index in [0.29, 0.717) is 16.7 Å². The van der Waals surface area contributed by atoms with Crippen molar-refractivity contribution in [2.75, 3.05) is 6.73 Å². The Bertz CT molecular complexity index is 1490. The van der Waals surface area contributed by atoms with E-state index in [1.165, 1.54) is 4.90 Å². The number of benzene rings is 2. The van der Waals surface area contributed by atoms with Crippen LogP contribution in [0, 0.1) is 5.92 Å². The molecule has 2 aliphatic rings. The number of hydrogen-bond donors (Lipinski definition) is 2. The molecule has 0 spiro atoms. The van der Waals surface area contributed by atoms with Gasteiger partial charge in [0.25, 0.3) is 11.8 Å². The second-order valence-electron chi connectivity index (χ2n) is 12.5. The Morgan fingerprint density at radius 3 is 2.35 bits per heavy atom. The van der Waals surface area contributed by atoms with Gasteiger partial charge in [-0.3, -0.25) is 14.4 Å². The number of hydrogen-bond acceptors (Lipinski definition) is 9. The topological polar surface area (TPSA) is 161 Å². The van der Waals surface area contributed by atoms with Crippen molar-refractivity contribution in [3.63, 3.8) is 0 Å². The van der Waals surface area contributed by atoms with Gasteiger partial charge >= 0.3 is 18.2 Å². The smallest absolute Gasteiger partial charge is 0.408 e. The first kappa shape index (κ1) is 33.9. The van der Waals surface area contributed by atoms with Crippen molar-refractivity contribution in [1.29, 1.82) is 0 Å². The quantitative estimate of drug-likeness (QED) is 0.225. The van der Waals surface area contributed by atoms with Crippen LogP contribution >= 0.6 is 0 Å². The number of rotatable bonds is 10. The number of piperidine rings is 1. The number of amides is 5. The summed E-state index contributed by atoms with van der Waals surface area (Å²) in [7, 11) is 0. The maximum Gasteiger partial charge on any atom is 0.408 e. The highest BCUT2D eigenvalue weighted by molar-refractivity contribution is 6.05. The third-order valence-corrected chi connectivity index (χ3v) is 7.52. The fraction of sp³-hybridized carbons (Fsp3) is 0.455. The molecule has 0 bridgehead atoms. The van der Waals surface area contributed by atoms with E-state index in [0.717, 1.165) is 10.5 Å². The number of likely N-dealkylation sites (tertiary alicyclic amines) is 1. The van der Waals surface area contributed by atoms with Crippen LogP contribution in [0.15, 0.2) is 48.5 Å². The van der Waals surface area contributed by atoms with Crippen molar-refractivity contribution >= 4 is 35.9 Å². The van der Waals surface area contributed by atoms with E-state index in [1.54, 1.807) is 77.1 Å². The molecule has 1 saturated heterocycles. The highest BCUT2D eigenvalue weighted by Crippen LogP contribution is 2.31. The van der Waals surface area contributed by atoms with Gasteiger partial charge in [0.05, 0.1) is 0 Å². The highest BCUT2D eigenvalue weighted by Gasteiger charge is 2.43. The number of carbonyl (C=O) groups excluding carboxylic acids is 6. The number of nitrogens with zero attached hydrogens (tertiary/aromatic N) is 2. The molecule has 4 rings (SSSR count). The van der Waals surface area contributed by atoms with Gasteiger partial charge < -0.3 is 29.7 Å². The van der Waals surface area contributed by atoms with Gasteiger partial charge in [-0.05, 0) is 55.9 Å². The van der Waals surface area contributed by atoms with Gasteiger partial charge in [-0.25, -0.2) is 19.3 Å². The SMILES string of the molecule is CC(C)[C@@H](NC(=O)OCc1ccccc1)C(=O)OCN1C(=O)CC[C@@H](N2Cc3c(CNC(=O)OC(C)(C)C)cccc3C2=O)C1=O. The van der Waals surface area contributed by atoms with E-state index >= 15 is 0 Å². The van der Waals surface area contributed by atoms with E-state index in [9.17, 15) is 28.8 Å². The summed E-state index contributed by atoms with van der Waals surface area (Å²) in [6, 6.07) is 12.1. The molecule has 0 radical (unpaired) electrons. The van der Waals surface area contributed by atoms with Crippen LogP contribution in [0.25, 0.3) is 0 Å². The molecule has 13 heteroatoms. The number of nitrogens with one attached hydrogen (secondary N) is 2. The van der Waals surface area contributed by atoms with Gasteiger partial charge in [-0.1, -0.05) is 56.3 Å². The highest BCUT2D eigenvalue weighted by atomic mass is 16.6. The zero-order valence-corrected chi connectivity index (χ0v) is 26.7. The zero-order chi connectivity index (χ0) is 33.6. The minimum atomic E-state index is -1.10. The van der Waals surface area contributed by atoms with Crippen LogP contribution in [0.5, 0.6) is 0 Å². The lowest BCUT2D eigenvalue weighted by molar-refractivity contribution is -0.165. The molecule has 13 nitrogen and oxygen atoms in total. The number of imide groups is 1. The summed E-state index contributed by atoms with van der Waals surface area (Å²) in [4.78, 5) is 79.4. The Labute approximate surface area is 267 Å². The summed E-state index contributed by atoms with van der Waals surface area (Å²) >= 11 is 0. The summed E-state index contributed by atoms with van der Waals surface area (Å²) in [6.07, 6.45) is -1.36. The monoisotopic (exact) mass is 636 g/mol. The van der Waals surface area contributed by atoms with Crippen LogP contribution < -0.4 is 10.6 Å². The molecule has 5 amide bonds. The van der Waals surface area contributed by atoms with E-state index < -0.39 is 60.3 Å². The van der Waals surface area contributed by atoms with Gasteiger partial charge in [0.1, 0.15) is 24.3 Å². The molecule has 0 saturated carbocycles. The Hall–Kier alpha value is -4.94. The van der Waals surface area contributed by atoms with Crippen LogP contribution in [0.4, 0.5) is 9.59 Å². The Morgan fingerprint density at radius 2 is 1.67 bits per heavy atom. The number of esters is 1. The number of alkyl carbamates (subject to hydrolysis) is 2. The molecule has 2 aromatic rings. The number of carbonyl (C=O) groups is 6. The lowest BCUT2D eigenvalue weighted by Gasteiger charge is -2.35. The lowest BCUT2D eigenvalue weighted by atomic mass is 10.0.